The first-order valence-electron chi connectivity index (χ1n) is 14.2. The van der Waals surface area contributed by atoms with Crippen LogP contribution in [0.4, 0.5) is 11.6 Å². The number of fused-ring (bicyclic) bond motifs is 2. The summed E-state index contributed by atoms with van der Waals surface area (Å²) in [7, 11) is 0. The lowest BCUT2D eigenvalue weighted by Gasteiger charge is -2.30. The lowest BCUT2D eigenvalue weighted by molar-refractivity contribution is -0.0299. The summed E-state index contributed by atoms with van der Waals surface area (Å²) in [5.74, 6) is 1.33. The maximum absolute atomic E-state index is 6.34. The molecule has 2 atom stereocenters. The molecule has 12 nitrogen and oxygen atoms in total. The first-order valence-corrected chi connectivity index (χ1v) is 14.9. The second-order valence-electron chi connectivity index (χ2n) is 10.8. The molecule has 7 rings (SSSR count). The van der Waals surface area contributed by atoms with Gasteiger partial charge in [0.05, 0.1) is 12.7 Å². The molecule has 4 aromatic rings. The average Bonchev–Trinajstić information content (AvgIpc) is 3.60. The molecule has 0 aromatic carbocycles. The second kappa shape index (κ2) is 11.2. The van der Waals surface area contributed by atoms with E-state index in [0.29, 0.717) is 22.9 Å². The fourth-order valence-corrected chi connectivity index (χ4v) is 6.39. The van der Waals surface area contributed by atoms with Crippen LogP contribution in [0.1, 0.15) is 76.7 Å². The lowest BCUT2D eigenvalue weighted by atomic mass is 9.91. The van der Waals surface area contributed by atoms with E-state index in [1.165, 1.54) is 0 Å². The van der Waals surface area contributed by atoms with Crippen molar-refractivity contribution in [3.8, 4) is 0 Å². The fourth-order valence-electron chi connectivity index (χ4n) is 6.06. The number of halogens is 2. The van der Waals surface area contributed by atoms with Crippen LogP contribution >= 0.6 is 23.2 Å². The summed E-state index contributed by atoms with van der Waals surface area (Å²) in [6.07, 6.45) is 13.5. The van der Waals surface area contributed by atoms with E-state index >= 15 is 0 Å². The molecule has 212 valence electrons. The van der Waals surface area contributed by atoms with Gasteiger partial charge in [0.2, 0.25) is 10.6 Å². The Hall–Kier alpha value is -2.80. The van der Waals surface area contributed by atoms with Gasteiger partial charge in [-0.05, 0) is 87.4 Å². The van der Waals surface area contributed by atoms with Gasteiger partial charge in [0.15, 0.2) is 34.0 Å². The summed E-state index contributed by atoms with van der Waals surface area (Å²) in [5, 5.41) is 7.57. The SMILES string of the molecule is Clc1nc(N[C@H]2CC[C@H](Nc3nc(Cl)nc4c3ncn4C3CCCCO3)CC2)c2ncn(C3CCCCO3)c2n1. The zero-order chi connectivity index (χ0) is 27.1. The minimum atomic E-state index is -0.0672. The van der Waals surface area contributed by atoms with Crippen molar-refractivity contribution in [3.63, 3.8) is 0 Å². The number of hydrogen-bond acceptors (Lipinski definition) is 10. The summed E-state index contributed by atoms with van der Waals surface area (Å²) in [6.45, 7) is 1.49. The van der Waals surface area contributed by atoms with E-state index in [9.17, 15) is 0 Å². The molecule has 1 aliphatic carbocycles. The van der Waals surface area contributed by atoms with Gasteiger partial charge >= 0.3 is 0 Å². The van der Waals surface area contributed by atoms with Gasteiger partial charge < -0.3 is 20.1 Å². The van der Waals surface area contributed by atoms with E-state index in [-0.39, 0.29) is 35.1 Å². The number of nitrogens with zero attached hydrogens (tertiary/aromatic N) is 8. The third kappa shape index (κ3) is 5.17. The molecular formula is C26H32Cl2N10O2. The van der Waals surface area contributed by atoms with E-state index in [4.69, 9.17) is 32.7 Å². The van der Waals surface area contributed by atoms with Gasteiger partial charge in [-0.3, -0.25) is 9.13 Å². The second-order valence-corrected chi connectivity index (χ2v) is 11.5. The summed E-state index contributed by atoms with van der Waals surface area (Å²) in [5.41, 5.74) is 2.84. The lowest BCUT2D eigenvalue weighted by Crippen LogP contribution is -2.33. The minimum absolute atomic E-state index is 0.0672. The van der Waals surface area contributed by atoms with Gasteiger partial charge in [-0.2, -0.15) is 19.9 Å². The number of anilines is 2. The Morgan fingerprint density at radius 3 is 1.48 bits per heavy atom. The predicted molar refractivity (Wildman–Crippen MR) is 152 cm³/mol. The Morgan fingerprint density at radius 1 is 0.625 bits per heavy atom. The molecule has 2 aliphatic heterocycles. The molecule has 0 spiro atoms. The molecule has 0 bridgehead atoms. The monoisotopic (exact) mass is 586 g/mol. The molecule has 40 heavy (non-hydrogen) atoms. The summed E-state index contributed by atoms with van der Waals surface area (Å²) in [4.78, 5) is 27.2. The van der Waals surface area contributed by atoms with Gasteiger partial charge in [-0.25, -0.2) is 9.97 Å². The van der Waals surface area contributed by atoms with E-state index in [1.54, 1.807) is 12.7 Å². The van der Waals surface area contributed by atoms with E-state index in [2.05, 4.69) is 40.5 Å². The Balaban J connectivity index is 1.03. The third-order valence-electron chi connectivity index (χ3n) is 8.13. The zero-order valence-corrected chi connectivity index (χ0v) is 23.6. The van der Waals surface area contributed by atoms with Crippen molar-refractivity contribution in [2.45, 2.75) is 88.7 Å². The van der Waals surface area contributed by atoms with Crippen LogP contribution in [0.2, 0.25) is 10.6 Å². The Labute approximate surface area is 241 Å². The highest BCUT2D eigenvalue weighted by Gasteiger charge is 2.27. The topological polar surface area (TPSA) is 130 Å². The molecule has 3 aliphatic rings. The number of ether oxygens (including phenoxy) is 2. The van der Waals surface area contributed by atoms with Gasteiger partial charge in [-0.1, -0.05) is 0 Å². The highest BCUT2D eigenvalue weighted by Crippen LogP contribution is 2.32. The first-order chi connectivity index (χ1) is 19.6. The molecule has 0 amide bonds. The highest BCUT2D eigenvalue weighted by molar-refractivity contribution is 6.29. The van der Waals surface area contributed by atoms with Crippen LogP contribution in [0.3, 0.4) is 0 Å². The average molecular weight is 588 g/mol. The van der Waals surface area contributed by atoms with Crippen LogP contribution in [-0.4, -0.2) is 64.3 Å². The molecule has 4 aromatic heterocycles. The number of hydrogen-bond donors (Lipinski definition) is 2. The smallest absolute Gasteiger partial charge is 0.226 e. The minimum Gasteiger partial charge on any atom is -0.365 e. The van der Waals surface area contributed by atoms with Crippen molar-refractivity contribution in [2.24, 2.45) is 0 Å². The van der Waals surface area contributed by atoms with Crippen LogP contribution in [-0.2, 0) is 9.47 Å². The molecule has 2 unspecified atom stereocenters. The van der Waals surface area contributed by atoms with Crippen LogP contribution in [0, 0.1) is 0 Å². The van der Waals surface area contributed by atoms with Crippen molar-refractivity contribution in [3.05, 3.63) is 23.2 Å². The van der Waals surface area contributed by atoms with Crippen LogP contribution < -0.4 is 10.6 Å². The van der Waals surface area contributed by atoms with Gasteiger partial charge in [0.25, 0.3) is 0 Å². The van der Waals surface area contributed by atoms with Crippen molar-refractivity contribution >= 4 is 57.2 Å². The largest absolute Gasteiger partial charge is 0.365 e. The normalized spacial score (nSPS) is 25.9. The molecule has 1 saturated carbocycles. The van der Waals surface area contributed by atoms with Crippen LogP contribution in [0.15, 0.2) is 12.7 Å². The maximum Gasteiger partial charge on any atom is 0.226 e. The van der Waals surface area contributed by atoms with Crippen molar-refractivity contribution in [1.82, 2.24) is 39.0 Å². The van der Waals surface area contributed by atoms with Crippen molar-refractivity contribution < 1.29 is 9.47 Å². The number of imidazole rings is 2. The highest BCUT2D eigenvalue weighted by atomic mass is 35.5. The van der Waals surface area contributed by atoms with Crippen LogP contribution in [0.5, 0.6) is 0 Å². The van der Waals surface area contributed by atoms with E-state index in [1.807, 2.05) is 9.13 Å². The predicted octanol–water partition coefficient (Wildman–Crippen LogP) is 5.51. The molecule has 3 fully saturated rings. The number of nitrogens with one attached hydrogen (secondary N) is 2. The van der Waals surface area contributed by atoms with Crippen molar-refractivity contribution in [2.75, 3.05) is 23.8 Å². The fraction of sp³-hybridized carbons (Fsp3) is 0.615. The van der Waals surface area contributed by atoms with Gasteiger partial charge in [-0.15, -0.1) is 0 Å². The number of aromatic nitrogens is 8. The molecule has 2 N–H and O–H groups in total. The van der Waals surface area contributed by atoms with E-state index < -0.39 is 0 Å². The standard InChI is InChI=1S/C26H32Cl2N10O2/c27-25-33-21(19-23(35-25)37(13-29-19)17-5-1-3-11-39-17)31-15-7-9-16(10-8-15)32-22-20-24(36-26(28)34-22)38(14-30-20)18-6-2-4-12-40-18/h13-18H,1-12H2,(H,31,33,35)(H,32,34,36)/t15-,16-,17?,18?. The molecule has 0 radical (unpaired) electrons. The number of rotatable bonds is 6. The molecular weight excluding hydrogens is 555 g/mol. The van der Waals surface area contributed by atoms with Gasteiger partial charge in [0, 0.05) is 25.3 Å². The van der Waals surface area contributed by atoms with E-state index in [0.717, 1.165) is 88.5 Å². The van der Waals surface area contributed by atoms with Gasteiger partial charge in [0.1, 0.15) is 12.5 Å². The Morgan fingerprint density at radius 2 is 1.07 bits per heavy atom. The zero-order valence-electron chi connectivity index (χ0n) is 22.1. The van der Waals surface area contributed by atoms with Crippen molar-refractivity contribution in [1.29, 1.82) is 0 Å². The molecule has 6 heterocycles. The summed E-state index contributed by atoms with van der Waals surface area (Å²) < 4.78 is 15.9. The third-order valence-corrected chi connectivity index (χ3v) is 8.47. The maximum atomic E-state index is 6.34. The Bertz CT molecular complexity index is 1380. The summed E-state index contributed by atoms with van der Waals surface area (Å²) >= 11 is 12.7. The Kier molecular flexibility index (Phi) is 7.33. The quantitative estimate of drug-likeness (QED) is 0.279. The molecule has 2 saturated heterocycles. The first kappa shape index (κ1) is 26.1. The summed E-state index contributed by atoms with van der Waals surface area (Å²) in [6, 6.07) is 0.472. The van der Waals surface area contributed by atoms with Crippen LogP contribution in [0.25, 0.3) is 22.3 Å². The molecule has 14 heteroatoms.